The molecular formula is C16H20N4O2. The van der Waals surface area contributed by atoms with E-state index in [1.54, 1.807) is 0 Å². The number of rotatable bonds is 2. The van der Waals surface area contributed by atoms with Crippen molar-refractivity contribution in [3.63, 3.8) is 0 Å². The Kier molecular flexibility index (Phi) is 3.24. The van der Waals surface area contributed by atoms with Gasteiger partial charge in [-0.15, -0.1) is 0 Å². The van der Waals surface area contributed by atoms with Crippen LogP contribution < -0.4 is 0 Å². The molecule has 1 aliphatic heterocycles. The van der Waals surface area contributed by atoms with Crippen molar-refractivity contribution in [1.82, 2.24) is 19.8 Å². The second kappa shape index (κ2) is 5.26. The molecule has 0 aromatic carbocycles. The summed E-state index contributed by atoms with van der Waals surface area (Å²) in [5.41, 5.74) is 2.72. The van der Waals surface area contributed by atoms with Gasteiger partial charge in [0, 0.05) is 31.3 Å². The third-order valence-corrected chi connectivity index (χ3v) is 4.71. The predicted octanol–water partition coefficient (Wildman–Crippen LogP) is 2.15. The molecule has 3 heterocycles. The first-order chi connectivity index (χ1) is 10.7. The van der Waals surface area contributed by atoms with Crippen molar-refractivity contribution < 1.29 is 9.32 Å². The van der Waals surface area contributed by atoms with Gasteiger partial charge in [-0.3, -0.25) is 9.48 Å². The van der Waals surface area contributed by atoms with Gasteiger partial charge in [0.2, 0.25) is 0 Å². The standard InChI is InChI=1S/C16H20N4O2/c1-11-8-17-20(9-11)12-6-7-19(10-12)16(21)15-13-4-2-3-5-14(13)22-18-15/h8-9,12H,2-7,10H2,1H3. The van der Waals surface area contributed by atoms with E-state index in [-0.39, 0.29) is 11.9 Å². The highest BCUT2D eigenvalue weighted by atomic mass is 16.5. The van der Waals surface area contributed by atoms with Gasteiger partial charge in [-0.1, -0.05) is 5.16 Å². The van der Waals surface area contributed by atoms with E-state index >= 15 is 0 Å². The summed E-state index contributed by atoms with van der Waals surface area (Å²) in [5, 5.41) is 8.42. The number of carbonyl (C=O) groups is 1. The van der Waals surface area contributed by atoms with E-state index in [9.17, 15) is 4.79 Å². The average molecular weight is 300 g/mol. The number of amides is 1. The summed E-state index contributed by atoms with van der Waals surface area (Å²) in [7, 11) is 0. The molecule has 1 aliphatic carbocycles. The fourth-order valence-corrected chi connectivity index (χ4v) is 3.48. The summed E-state index contributed by atoms with van der Waals surface area (Å²) < 4.78 is 7.34. The molecule has 116 valence electrons. The zero-order chi connectivity index (χ0) is 15.1. The van der Waals surface area contributed by atoms with Crippen LogP contribution in [0.5, 0.6) is 0 Å². The number of carbonyl (C=O) groups excluding carboxylic acids is 1. The molecule has 6 heteroatoms. The van der Waals surface area contributed by atoms with Crippen LogP contribution in [0.4, 0.5) is 0 Å². The van der Waals surface area contributed by atoms with E-state index in [0.717, 1.165) is 55.5 Å². The summed E-state index contributed by atoms with van der Waals surface area (Å²) in [4.78, 5) is 14.6. The maximum Gasteiger partial charge on any atom is 0.276 e. The van der Waals surface area contributed by atoms with Gasteiger partial charge < -0.3 is 9.42 Å². The summed E-state index contributed by atoms with van der Waals surface area (Å²) in [6.07, 6.45) is 8.90. The smallest absolute Gasteiger partial charge is 0.276 e. The Hall–Kier alpha value is -2.11. The van der Waals surface area contributed by atoms with Gasteiger partial charge in [-0.25, -0.2) is 0 Å². The second-order valence-corrected chi connectivity index (χ2v) is 6.33. The van der Waals surface area contributed by atoms with Crippen LogP contribution >= 0.6 is 0 Å². The minimum absolute atomic E-state index is 0.0123. The number of aryl methyl sites for hydroxylation is 2. The van der Waals surface area contributed by atoms with Crippen LogP contribution in [0.1, 0.15) is 52.7 Å². The Morgan fingerprint density at radius 1 is 1.36 bits per heavy atom. The fourth-order valence-electron chi connectivity index (χ4n) is 3.48. The van der Waals surface area contributed by atoms with Crippen LogP contribution in [0.2, 0.25) is 0 Å². The van der Waals surface area contributed by atoms with Crippen LogP contribution in [-0.4, -0.2) is 38.8 Å². The molecule has 22 heavy (non-hydrogen) atoms. The maximum absolute atomic E-state index is 12.7. The van der Waals surface area contributed by atoms with E-state index in [0.29, 0.717) is 12.2 Å². The molecule has 4 rings (SSSR count). The van der Waals surface area contributed by atoms with Crippen LogP contribution in [-0.2, 0) is 12.8 Å². The Balaban J connectivity index is 1.51. The zero-order valence-electron chi connectivity index (χ0n) is 12.8. The lowest BCUT2D eigenvalue weighted by Gasteiger charge is -2.16. The van der Waals surface area contributed by atoms with E-state index in [1.807, 2.05) is 28.9 Å². The number of hydrogen-bond acceptors (Lipinski definition) is 4. The van der Waals surface area contributed by atoms with Gasteiger partial charge in [-0.2, -0.15) is 5.10 Å². The molecule has 0 spiro atoms. The van der Waals surface area contributed by atoms with Gasteiger partial charge >= 0.3 is 0 Å². The molecule has 0 N–H and O–H groups in total. The van der Waals surface area contributed by atoms with Crippen LogP contribution in [0, 0.1) is 6.92 Å². The lowest BCUT2D eigenvalue weighted by Crippen LogP contribution is -2.30. The first kappa shape index (κ1) is 13.5. The Bertz CT molecular complexity index is 703. The molecule has 2 aromatic rings. The van der Waals surface area contributed by atoms with Crippen molar-refractivity contribution in [2.75, 3.05) is 13.1 Å². The number of nitrogens with zero attached hydrogens (tertiary/aromatic N) is 4. The van der Waals surface area contributed by atoms with Gasteiger partial charge in [-0.05, 0) is 38.2 Å². The first-order valence-electron chi connectivity index (χ1n) is 8.00. The quantitative estimate of drug-likeness (QED) is 0.852. The molecule has 1 atom stereocenters. The van der Waals surface area contributed by atoms with Crippen molar-refractivity contribution in [2.45, 2.75) is 45.1 Å². The minimum atomic E-state index is 0.0123. The second-order valence-electron chi connectivity index (χ2n) is 6.33. The number of aromatic nitrogens is 3. The lowest BCUT2D eigenvalue weighted by molar-refractivity contribution is 0.0776. The summed E-state index contributed by atoms with van der Waals surface area (Å²) in [5.74, 6) is 0.923. The average Bonchev–Trinajstić information content (AvgIpc) is 3.25. The van der Waals surface area contributed by atoms with Crippen molar-refractivity contribution in [2.24, 2.45) is 0 Å². The molecule has 6 nitrogen and oxygen atoms in total. The van der Waals surface area contributed by atoms with Gasteiger partial charge in [0.25, 0.3) is 5.91 Å². The topological polar surface area (TPSA) is 64.2 Å². The van der Waals surface area contributed by atoms with Crippen molar-refractivity contribution in [1.29, 1.82) is 0 Å². The molecule has 0 bridgehead atoms. The highest BCUT2D eigenvalue weighted by molar-refractivity contribution is 5.94. The number of hydrogen-bond donors (Lipinski definition) is 0. The minimum Gasteiger partial charge on any atom is -0.360 e. The highest BCUT2D eigenvalue weighted by Crippen LogP contribution is 2.28. The third-order valence-electron chi connectivity index (χ3n) is 4.71. The van der Waals surface area contributed by atoms with Gasteiger partial charge in [0.1, 0.15) is 5.76 Å². The summed E-state index contributed by atoms with van der Waals surface area (Å²) in [6, 6.07) is 0.264. The predicted molar refractivity (Wildman–Crippen MR) is 79.7 cm³/mol. The molecular weight excluding hydrogens is 280 g/mol. The molecule has 1 saturated heterocycles. The van der Waals surface area contributed by atoms with Gasteiger partial charge in [0.15, 0.2) is 5.69 Å². The normalized spacial score (nSPS) is 21.1. The Morgan fingerprint density at radius 2 is 2.23 bits per heavy atom. The molecule has 0 radical (unpaired) electrons. The molecule has 1 fully saturated rings. The SMILES string of the molecule is Cc1cnn(C2CCN(C(=O)c3noc4c3CCCC4)C2)c1. The molecule has 2 aliphatic rings. The lowest BCUT2D eigenvalue weighted by atomic mass is 9.96. The van der Waals surface area contributed by atoms with Crippen LogP contribution in [0.3, 0.4) is 0 Å². The Labute approximate surface area is 129 Å². The fraction of sp³-hybridized carbons (Fsp3) is 0.562. The monoisotopic (exact) mass is 300 g/mol. The van der Waals surface area contributed by atoms with Crippen LogP contribution in [0.25, 0.3) is 0 Å². The molecule has 1 amide bonds. The largest absolute Gasteiger partial charge is 0.360 e. The maximum atomic E-state index is 12.7. The summed E-state index contributed by atoms with van der Waals surface area (Å²) >= 11 is 0. The van der Waals surface area contributed by atoms with E-state index in [2.05, 4.69) is 10.3 Å². The van der Waals surface area contributed by atoms with Gasteiger partial charge in [0.05, 0.1) is 12.2 Å². The number of likely N-dealkylation sites (tertiary alicyclic amines) is 1. The van der Waals surface area contributed by atoms with Crippen molar-refractivity contribution in [3.8, 4) is 0 Å². The zero-order valence-corrected chi connectivity index (χ0v) is 12.8. The number of fused-ring (bicyclic) bond motifs is 1. The highest BCUT2D eigenvalue weighted by Gasteiger charge is 2.32. The molecule has 0 saturated carbocycles. The van der Waals surface area contributed by atoms with E-state index < -0.39 is 0 Å². The third kappa shape index (κ3) is 2.23. The molecule has 2 aromatic heterocycles. The van der Waals surface area contributed by atoms with E-state index in [4.69, 9.17) is 4.52 Å². The van der Waals surface area contributed by atoms with Crippen molar-refractivity contribution >= 4 is 5.91 Å². The Morgan fingerprint density at radius 3 is 3.05 bits per heavy atom. The van der Waals surface area contributed by atoms with E-state index in [1.165, 1.54) is 0 Å². The van der Waals surface area contributed by atoms with Crippen molar-refractivity contribution in [3.05, 3.63) is 35.0 Å². The summed E-state index contributed by atoms with van der Waals surface area (Å²) in [6.45, 7) is 3.48. The molecule has 1 unspecified atom stereocenters. The first-order valence-corrected chi connectivity index (χ1v) is 8.00. The van der Waals surface area contributed by atoms with Crippen LogP contribution in [0.15, 0.2) is 16.9 Å².